The highest BCUT2D eigenvalue weighted by Crippen LogP contribution is 2.26. The number of nitrogens with one attached hydrogen (secondary N) is 2. The first-order chi connectivity index (χ1) is 11.4. The normalized spacial score (nSPS) is 20.4. The van der Waals surface area contributed by atoms with E-state index < -0.39 is 0 Å². The third-order valence-electron chi connectivity index (χ3n) is 4.15. The van der Waals surface area contributed by atoms with E-state index in [1.807, 2.05) is 18.2 Å². The summed E-state index contributed by atoms with van der Waals surface area (Å²) in [4.78, 5) is 13.3. The minimum absolute atomic E-state index is 0.286. The van der Waals surface area contributed by atoms with Gasteiger partial charge in [0.05, 0.1) is 11.8 Å². The van der Waals surface area contributed by atoms with E-state index in [1.165, 1.54) is 12.8 Å². The lowest BCUT2D eigenvalue weighted by Crippen LogP contribution is -2.19. The van der Waals surface area contributed by atoms with Crippen molar-refractivity contribution in [3.8, 4) is 11.3 Å². The Morgan fingerprint density at radius 1 is 1.13 bits per heavy atom. The number of anilines is 2. The Labute approximate surface area is 135 Å². The van der Waals surface area contributed by atoms with Crippen LogP contribution in [0.4, 0.5) is 11.8 Å². The number of pyridine rings is 1. The van der Waals surface area contributed by atoms with Crippen LogP contribution in [0, 0.1) is 0 Å². The Morgan fingerprint density at radius 3 is 2.74 bits per heavy atom. The molecule has 0 unspecified atom stereocenters. The van der Waals surface area contributed by atoms with Gasteiger partial charge >= 0.3 is 0 Å². The van der Waals surface area contributed by atoms with Gasteiger partial charge in [-0.2, -0.15) is 4.98 Å². The molecule has 2 aliphatic rings. The van der Waals surface area contributed by atoms with Crippen LogP contribution >= 0.6 is 0 Å². The highest BCUT2D eigenvalue weighted by Gasteiger charge is 2.22. The van der Waals surface area contributed by atoms with Gasteiger partial charge in [-0.1, -0.05) is 0 Å². The third-order valence-corrected chi connectivity index (χ3v) is 4.15. The largest absolute Gasteiger partial charge is 0.376 e. The molecule has 2 N–H and O–H groups in total. The van der Waals surface area contributed by atoms with Gasteiger partial charge in [0.15, 0.2) is 0 Å². The molecule has 2 aromatic rings. The molecule has 1 aliphatic carbocycles. The van der Waals surface area contributed by atoms with E-state index in [4.69, 9.17) is 4.74 Å². The zero-order valence-electron chi connectivity index (χ0n) is 13.0. The molecule has 1 saturated heterocycles. The number of hydrogen-bond donors (Lipinski definition) is 2. The highest BCUT2D eigenvalue weighted by atomic mass is 16.5. The summed E-state index contributed by atoms with van der Waals surface area (Å²) in [5.41, 5.74) is 1.95. The Bertz CT molecular complexity index is 653. The van der Waals surface area contributed by atoms with E-state index in [1.54, 1.807) is 12.4 Å². The molecule has 23 heavy (non-hydrogen) atoms. The summed E-state index contributed by atoms with van der Waals surface area (Å²) in [6.07, 6.45) is 8.50. The van der Waals surface area contributed by atoms with Crippen molar-refractivity contribution in [2.75, 3.05) is 23.8 Å². The zero-order valence-corrected chi connectivity index (χ0v) is 13.0. The van der Waals surface area contributed by atoms with Crippen molar-refractivity contribution < 1.29 is 4.74 Å². The Balaban J connectivity index is 1.55. The molecule has 0 amide bonds. The number of hydrogen-bond acceptors (Lipinski definition) is 6. The Hall–Kier alpha value is -2.21. The quantitative estimate of drug-likeness (QED) is 0.854. The molecule has 1 aliphatic heterocycles. The van der Waals surface area contributed by atoms with Gasteiger partial charge in [0.2, 0.25) is 5.95 Å². The van der Waals surface area contributed by atoms with Crippen molar-refractivity contribution in [2.45, 2.75) is 37.8 Å². The second kappa shape index (κ2) is 6.50. The lowest BCUT2D eigenvalue weighted by Gasteiger charge is -2.13. The molecule has 6 heteroatoms. The summed E-state index contributed by atoms with van der Waals surface area (Å²) in [6, 6.07) is 6.44. The molecule has 3 heterocycles. The van der Waals surface area contributed by atoms with Crippen LogP contribution in [0.2, 0.25) is 0 Å². The second-order valence-electron chi connectivity index (χ2n) is 6.13. The van der Waals surface area contributed by atoms with Crippen molar-refractivity contribution in [1.82, 2.24) is 15.0 Å². The third kappa shape index (κ3) is 3.76. The Kier molecular flexibility index (Phi) is 4.06. The predicted molar refractivity (Wildman–Crippen MR) is 89.4 cm³/mol. The molecular weight excluding hydrogens is 290 g/mol. The van der Waals surface area contributed by atoms with Crippen LogP contribution in [0.25, 0.3) is 11.3 Å². The number of nitrogens with zero attached hydrogens (tertiary/aromatic N) is 3. The summed E-state index contributed by atoms with van der Waals surface area (Å²) in [6.45, 7) is 1.66. The minimum atomic E-state index is 0.286. The standard InChI is InChI=1S/C17H21N5O/c1-2-14(23-9-1)11-19-16-10-15(12-5-7-18-8-6-12)21-17(22-16)20-13-3-4-13/h5-8,10,13-14H,1-4,9,11H2,(H2,19,20,21,22)/t14-/m1/s1. The fourth-order valence-electron chi connectivity index (χ4n) is 2.71. The van der Waals surface area contributed by atoms with Crippen LogP contribution in [0.5, 0.6) is 0 Å². The maximum atomic E-state index is 5.66. The van der Waals surface area contributed by atoms with E-state index in [0.717, 1.165) is 43.1 Å². The lowest BCUT2D eigenvalue weighted by atomic mass is 10.2. The van der Waals surface area contributed by atoms with Gasteiger partial charge in [0.25, 0.3) is 0 Å². The van der Waals surface area contributed by atoms with E-state index in [-0.39, 0.29) is 6.10 Å². The van der Waals surface area contributed by atoms with E-state index >= 15 is 0 Å². The van der Waals surface area contributed by atoms with Gasteiger partial charge in [0, 0.05) is 43.2 Å². The molecule has 4 rings (SSSR count). The number of aromatic nitrogens is 3. The van der Waals surface area contributed by atoms with E-state index in [0.29, 0.717) is 12.0 Å². The molecular formula is C17H21N5O. The van der Waals surface area contributed by atoms with Gasteiger partial charge in [-0.3, -0.25) is 4.98 Å². The van der Waals surface area contributed by atoms with E-state index in [2.05, 4.69) is 25.6 Å². The molecule has 0 spiro atoms. The number of ether oxygens (including phenoxy) is 1. The van der Waals surface area contributed by atoms with Crippen LogP contribution in [-0.2, 0) is 4.74 Å². The molecule has 6 nitrogen and oxygen atoms in total. The summed E-state index contributed by atoms with van der Waals surface area (Å²) < 4.78 is 5.66. The fraction of sp³-hybridized carbons (Fsp3) is 0.471. The maximum absolute atomic E-state index is 5.66. The maximum Gasteiger partial charge on any atom is 0.225 e. The van der Waals surface area contributed by atoms with Crippen molar-refractivity contribution in [2.24, 2.45) is 0 Å². The van der Waals surface area contributed by atoms with Gasteiger partial charge in [-0.25, -0.2) is 4.98 Å². The molecule has 0 bridgehead atoms. The van der Waals surface area contributed by atoms with Gasteiger partial charge in [-0.05, 0) is 37.8 Å². The highest BCUT2D eigenvalue weighted by molar-refractivity contribution is 5.64. The molecule has 2 aromatic heterocycles. The summed E-state index contributed by atoms with van der Waals surface area (Å²) in [5, 5.41) is 6.78. The molecule has 1 atom stereocenters. The molecule has 1 saturated carbocycles. The van der Waals surface area contributed by atoms with Crippen molar-refractivity contribution >= 4 is 11.8 Å². The van der Waals surface area contributed by atoms with Crippen LogP contribution in [-0.4, -0.2) is 40.2 Å². The van der Waals surface area contributed by atoms with Crippen LogP contribution in [0.1, 0.15) is 25.7 Å². The average molecular weight is 311 g/mol. The second-order valence-corrected chi connectivity index (χ2v) is 6.13. The van der Waals surface area contributed by atoms with Crippen LogP contribution in [0.15, 0.2) is 30.6 Å². The smallest absolute Gasteiger partial charge is 0.225 e. The van der Waals surface area contributed by atoms with Crippen LogP contribution < -0.4 is 10.6 Å². The Morgan fingerprint density at radius 2 is 2.00 bits per heavy atom. The monoisotopic (exact) mass is 311 g/mol. The topological polar surface area (TPSA) is 72.0 Å². The van der Waals surface area contributed by atoms with Crippen molar-refractivity contribution in [3.05, 3.63) is 30.6 Å². The molecule has 0 aromatic carbocycles. The SMILES string of the molecule is c1cc(-c2cc(NC[C@H]3CCCO3)nc(NC3CC3)n2)ccn1. The minimum Gasteiger partial charge on any atom is -0.376 e. The first kappa shape index (κ1) is 14.4. The molecule has 2 fully saturated rings. The van der Waals surface area contributed by atoms with E-state index in [9.17, 15) is 0 Å². The number of rotatable bonds is 6. The van der Waals surface area contributed by atoms with Gasteiger partial charge in [0.1, 0.15) is 5.82 Å². The summed E-state index contributed by atoms with van der Waals surface area (Å²) in [7, 11) is 0. The molecule has 0 radical (unpaired) electrons. The van der Waals surface area contributed by atoms with Crippen molar-refractivity contribution in [3.63, 3.8) is 0 Å². The summed E-state index contributed by atoms with van der Waals surface area (Å²) in [5.74, 6) is 1.53. The van der Waals surface area contributed by atoms with Crippen molar-refractivity contribution in [1.29, 1.82) is 0 Å². The zero-order chi connectivity index (χ0) is 15.5. The fourth-order valence-corrected chi connectivity index (χ4v) is 2.71. The van der Waals surface area contributed by atoms with Gasteiger partial charge < -0.3 is 15.4 Å². The first-order valence-corrected chi connectivity index (χ1v) is 8.28. The lowest BCUT2D eigenvalue weighted by molar-refractivity contribution is 0.120. The average Bonchev–Trinajstić information content (AvgIpc) is 3.25. The summed E-state index contributed by atoms with van der Waals surface area (Å²) >= 11 is 0. The predicted octanol–water partition coefficient (Wildman–Crippen LogP) is 2.70. The molecule has 120 valence electrons. The van der Waals surface area contributed by atoms with Gasteiger partial charge in [-0.15, -0.1) is 0 Å². The van der Waals surface area contributed by atoms with Crippen LogP contribution in [0.3, 0.4) is 0 Å². The first-order valence-electron chi connectivity index (χ1n) is 8.28.